The highest BCUT2D eigenvalue weighted by molar-refractivity contribution is 7.14. The molecule has 2 N–H and O–H groups in total. The Morgan fingerprint density at radius 2 is 2.32 bits per heavy atom. The Kier molecular flexibility index (Phi) is 4.20. The molecule has 19 heavy (non-hydrogen) atoms. The molecule has 1 unspecified atom stereocenters. The van der Waals surface area contributed by atoms with Crippen LogP contribution in [0.15, 0.2) is 12.1 Å². The number of nitrogens with zero attached hydrogens (tertiary/aromatic N) is 1. The van der Waals surface area contributed by atoms with Crippen molar-refractivity contribution < 1.29 is 19.8 Å². The van der Waals surface area contributed by atoms with Crippen molar-refractivity contribution in [2.24, 2.45) is 0 Å². The molecule has 0 aromatic carbocycles. The predicted molar refractivity (Wildman–Crippen MR) is 70.0 cm³/mol. The van der Waals surface area contributed by atoms with Gasteiger partial charge in [0.25, 0.3) is 0 Å². The number of likely N-dealkylation sites (tertiary alicyclic amines) is 1. The molecule has 1 aliphatic heterocycles. The van der Waals surface area contributed by atoms with Crippen molar-refractivity contribution >= 4 is 23.2 Å². The van der Waals surface area contributed by atoms with Crippen molar-refractivity contribution in [2.75, 3.05) is 13.2 Å². The summed E-state index contributed by atoms with van der Waals surface area (Å²) in [4.78, 5) is 24.7. The molecule has 2 heterocycles. The first kappa shape index (κ1) is 13.6. The second-order valence-corrected chi connectivity index (χ2v) is 5.25. The molecule has 1 aliphatic rings. The second kappa shape index (κ2) is 5.87. The highest BCUT2D eigenvalue weighted by Gasteiger charge is 2.29. The molecule has 100 valence electrons. The maximum Gasteiger partial charge on any atom is 0.345 e. The van der Waals surface area contributed by atoms with E-state index in [-0.39, 0.29) is 30.0 Å². The average Bonchev–Trinajstić information content (AvgIpc) is 2.98. The molecule has 0 saturated carbocycles. The van der Waals surface area contributed by atoms with E-state index in [0.717, 1.165) is 11.3 Å². The molecule has 0 aliphatic carbocycles. The van der Waals surface area contributed by atoms with Gasteiger partial charge in [-0.2, -0.15) is 0 Å². The minimum atomic E-state index is -0.965. The smallest absolute Gasteiger partial charge is 0.345 e. The normalized spacial score (nSPS) is 18.3. The molecule has 1 amide bonds. The fourth-order valence-electron chi connectivity index (χ4n) is 1.93. The number of aliphatic hydroxyl groups excluding tert-OH is 1. The largest absolute Gasteiger partial charge is 0.477 e. The van der Waals surface area contributed by atoms with Gasteiger partial charge in [0.2, 0.25) is 5.91 Å². The molecule has 1 atom stereocenters. The van der Waals surface area contributed by atoms with E-state index in [1.807, 2.05) is 0 Å². The molecule has 2 rings (SSSR count). The van der Waals surface area contributed by atoms with Crippen molar-refractivity contribution in [2.45, 2.75) is 18.9 Å². The van der Waals surface area contributed by atoms with Gasteiger partial charge in [0, 0.05) is 6.42 Å². The Bertz CT molecular complexity index is 554. The lowest BCUT2D eigenvalue weighted by Crippen LogP contribution is -2.35. The van der Waals surface area contributed by atoms with Gasteiger partial charge in [0.05, 0.1) is 24.1 Å². The number of carboxylic acid groups (broad SMARTS) is 1. The number of hydrogen-bond donors (Lipinski definition) is 2. The van der Waals surface area contributed by atoms with Gasteiger partial charge in [-0.05, 0) is 18.6 Å². The topological polar surface area (TPSA) is 77.8 Å². The number of aromatic carboxylic acids is 1. The summed E-state index contributed by atoms with van der Waals surface area (Å²) in [6.45, 7) is 0.222. The molecule has 0 bridgehead atoms. The van der Waals surface area contributed by atoms with Crippen LogP contribution in [0.2, 0.25) is 0 Å². The summed E-state index contributed by atoms with van der Waals surface area (Å²) in [5.74, 6) is 4.73. The van der Waals surface area contributed by atoms with Crippen molar-refractivity contribution in [1.29, 1.82) is 0 Å². The number of thiophene rings is 1. The van der Waals surface area contributed by atoms with Crippen LogP contribution in [0.3, 0.4) is 0 Å². The van der Waals surface area contributed by atoms with Crippen LogP contribution in [-0.2, 0) is 4.79 Å². The Morgan fingerprint density at radius 1 is 1.53 bits per heavy atom. The van der Waals surface area contributed by atoms with E-state index in [1.165, 1.54) is 6.07 Å². The van der Waals surface area contributed by atoms with Crippen molar-refractivity contribution in [3.05, 3.63) is 21.9 Å². The minimum Gasteiger partial charge on any atom is -0.477 e. The zero-order valence-electron chi connectivity index (χ0n) is 10.1. The summed E-state index contributed by atoms with van der Waals surface area (Å²) < 4.78 is 0. The molecular weight excluding hydrogens is 266 g/mol. The standard InChI is InChI=1S/C13H13NO4S/c15-8-9-3-6-12(16)14(9)7-1-2-10-4-5-11(19-10)13(17)18/h4-5,9,15H,3,6-8H2,(H,17,18). The zero-order chi connectivity index (χ0) is 13.8. The maximum absolute atomic E-state index is 11.6. The third-order valence-corrected chi connectivity index (χ3v) is 3.93. The number of carboxylic acids is 1. The predicted octanol–water partition coefficient (Wildman–Crippen LogP) is 0.781. The molecular formula is C13H13NO4S. The fraction of sp³-hybridized carbons (Fsp3) is 0.385. The van der Waals surface area contributed by atoms with Gasteiger partial charge in [0.15, 0.2) is 0 Å². The quantitative estimate of drug-likeness (QED) is 0.802. The van der Waals surface area contributed by atoms with Gasteiger partial charge < -0.3 is 15.1 Å². The number of hydrogen-bond acceptors (Lipinski definition) is 4. The summed E-state index contributed by atoms with van der Waals surface area (Å²) in [5, 5.41) is 17.9. The summed E-state index contributed by atoms with van der Waals surface area (Å²) in [6, 6.07) is 3.02. The SMILES string of the molecule is O=C(O)c1ccc(C#CCN2C(=O)CCC2CO)s1. The lowest BCUT2D eigenvalue weighted by Gasteiger charge is -2.19. The minimum absolute atomic E-state index is 0.00533. The zero-order valence-corrected chi connectivity index (χ0v) is 10.9. The Labute approximate surface area is 114 Å². The van der Waals surface area contributed by atoms with Crippen LogP contribution in [0.25, 0.3) is 0 Å². The number of rotatable bonds is 3. The van der Waals surface area contributed by atoms with Crippen molar-refractivity contribution in [1.82, 2.24) is 4.90 Å². The van der Waals surface area contributed by atoms with Gasteiger partial charge in [-0.15, -0.1) is 11.3 Å². The van der Waals surface area contributed by atoms with Gasteiger partial charge in [-0.1, -0.05) is 11.8 Å². The van der Waals surface area contributed by atoms with Gasteiger partial charge in [-0.25, -0.2) is 4.79 Å². The van der Waals surface area contributed by atoms with E-state index in [9.17, 15) is 9.59 Å². The Morgan fingerprint density at radius 3 is 2.95 bits per heavy atom. The van der Waals surface area contributed by atoms with Crippen LogP contribution < -0.4 is 0 Å². The third kappa shape index (κ3) is 3.13. The molecule has 0 radical (unpaired) electrons. The lowest BCUT2D eigenvalue weighted by molar-refractivity contribution is -0.128. The van der Waals surface area contributed by atoms with Crippen molar-refractivity contribution in [3.8, 4) is 11.8 Å². The van der Waals surface area contributed by atoms with E-state index in [1.54, 1.807) is 11.0 Å². The monoisotopic (exact) mass is 279 g/mol. The summed E-state index contributed by atoms with van der Waals surface area (Å²) in [7, 11) is 0. The number of carbonyl (C=O) groups is 2. The fourth-order valence-corrected chi connectivity index (χ4v) is 2.65. The first-order valence-corrected chi connectivity index (χ1v) is 6.66. The highest BCUT2D eigenvalue weighted by Crippen LogP contribution is 2.18. The first-order chi connectivity index (χ1) is 9.11. The van der Waals surface area contributed by atoms with Gasteiger partial charge in [-0.3, -0.25) is 4.79 Å². The molecule has 6 heteroatoms. The maximum atomic E-state index is 11.6. The van der Waals surface area contributed by atoms with Crippen LogP contribution in [0, 0.1) is 11.8 Å². The Hall–Kier alpha value is -1.84. The van der Waals surface area contributed by atoms with E-state index >= 15 is 0 Å². The van der Waals surface area contributed by atoms with E-state index in [0.29, 0.717) is 17.7 Å². The number of aliphatic hydroxyl groups is 1. The lowest BCUT2D eigenvalue weighted by atomic mass is 10.2. The van der Waals surface area contributed by atoms with Crippen LogP contribution in [-0.4, -0.2) is 46.2 Å². The van der Waals surface area contributed by atoms with Crippen LogP contribution in [0.5, 0.6) is 0 Å². The van der Waals surface area contributed by atoms with E-state index < -0.39 is 5.97 Å². The Balaban J connectivity index is 2.00. The summed E-state index contributed by atoms with van der Waals surface area (Å²) in [6.07, 6.45) is 1.12. The van der Waals surface area contributed by atoms with E-state index in [4.69, 9.17) is 10.2 Å². The number of carbonyl (C=O) groups excluding carboxylic acids is 1. The molecule has 1 fully saturated rings. The highest BCUT2D eigenvalue weighted by atomic mass is 32.1. The summed E-state index contributed by atoms with van der Waals surface area (Å²) in [5.41, 5.74) is 0. The third-order valence-electron chi connectivity index (χ3n) is 2.94. The van der Waals surface area contributed by atoms with E-state index in [2.05, 4.69) is 11.8 Å². The van der Waals surface area contributed by atoms with Gasteiger partial charge in [0.1, 0.15) is 4.88 Å². The van der Waals surface area contributed by atoms with Crippen LogP contribution in [0.4, 0.5) is 0 Å². The molecule has 1 aromatic heterocycles. The van der Waals surface area contributed by atoms with Crippen LogP contribution >= 0.6 is 11.3 Å². The van der Waals surface area contributed by atoms with Crippen molar-refractivity contribution in [3.63, 3.8) is 0 Å². The number of amides is 1. The van der Waals surface area contributed by atoms with Gasteiger partial charge >= 0.3 is 5.97 Å². The first-order valence-electron chi connectivity index (χ1n) is 5.84. The molecule has 5 nitrogen and oxygen atoms in total. The van der Waals surface area contributed by atoms with Crippen LogP contribution in [0.1, 0.15) is 27.4 Å². The average molecular weight is 279 g/mol. The second-order valence-electron chi connectivity index (χ2n) is 4.17. The molecule has 1 aromatic rings. The molecule has 1 saturated heterocycles. The molecule has 0 spiro atoms. The summed E-state index contributed by atoms with van der Waals surface area (Å²) >= 11 is 1.10.